The highest BCUT2D eigenvalue weighted by molar-refractivity contribution is 6.03. The zero-order valence-electron chi connectivity index (χ0n) is 11.3. The van der Waals surface area contributed by atoms with Crippen LogP contribution in [0.3, 0.4) is 0 Å². The van der Waals surface area contributed by atoms with Gasteiger partial charge in [-0.2, -0.15) is 0 Å². The molecule has 0 aliphatic carbocycles. The highest BCUT2D eigenvalue weighted by Gasteiger charge is 2.19. The van der Waals surface area contributed by atoms with Gasteiger partial charge in [-0.15, -0.1) is 0 Å². The molecule has 0 atom stereocenters. The molecule has 0 saturated heterocycles. The van der Waals surface area contributed by atoms with Gasteiger partial charge >= 0.3 is 5.69 Å². The lowest BCUT2D eigenvalue weighted by Crippen LogP contribution is -2.15. The number of tetrazole rings is 1. The van der Waals surface area contributed by atoms with E-state index in [9.17, 15) is 14.9 Å². The number of nitrogens with zero attached hydrogens (tertiary/aromatic N) is 5. The van der Waals surface area contributed by atoms with Crippen LogP contribution in [0.5, 0.6) is 5.75 Å². The maximum atomic E-state index is 12.0. The molecule has 0 radical (unpaired) electrons. The first-order valence-corrected chi connectivity index (χ1v) is 5.98. The summed E-state index contributed by atoms with van der Waals surface area (Å²) >= 11 is 0. The maximum Gasteiger partial charge on any atom is 0.311 e. The average Bonchev–Trinajstić information content (AvgIpc) is 2.84. The summed E-state index contributed by atoms with van der Waals surface area (Å²) in [7, 11) is 1.55. The van der Waals surface area contributed by atoms with Crippen LogP contribution in [0.25, 0.3) is 0 Å². The van der Waals surface area contributed by atoms with Gasteiger partial charge in [-0.3, -0.25) is 20.2 Å². The molecule has 0 fully saturated rings. The first-order chi connectivity index (χ1) is 10.0. The number of nitro groups is 1. The SMILES string of the molecule is CCOc1ccc(C(=O)Nc2nnnn2C)cc1[N+](=O)[O-]. The molecule has 1 aromatic carbocycles. The average molecular weight is 292 g/mol. The van der Waals surface area contributed by atoms with E-state index in [0.29, 0.717) is 0 Å². The zero-order valence-corrected chi connectivity index (χ0v) is 11.3. The van der Waals surface area contributed by atoms with Gasteiger partial charge in [0, 0.05) is 18.7 Å². The van der Waals surface area contributed by atoms with Gasteiger partial charge in [0.25, 0.3) is 5.91 Å². The van der Waals surface area contributed by atoms with Gasteiger partial charge in [0.2, 0.25) is 5.95 Å². The minimum Gasteiger partial charge on any atom is -0.487 e. The molecule has 10 heteroatoms. The van der Waals surface area contributed by atoms with Crippen LogP contribution in [0.1, 0.15) is 17.3 Å². The van der Waals surface area contributed by atoms with Crippen molar-refractivity contribution in [3.05, 3.63) is 33.9 Å². The molecule has 10 nitrogen and oxygen atoms in total. The number of ether oxygens (including phenoxy) is 1. The molecule has 1 heterocycles. The van der Waals surface area contributed by atoms with Crippen LogP contribution in [0, 0.1) is 10.1 Å². The molecule has 2 rings (SSSR count). The number of anilines is 1. The van der Waals surface area contributed by atoms with E-state index in [2.05, 4.69) is 20.8 Å². The van der Waals surface area contributed by atoms with Crippen molar-refractivity contribution in [3.63, 3.8) is 0 Å². The number of carbonyl (C=O) groups excluding carboxylic acids is 1. The van der Waals surface area contributed by atoms with Crippen molar-refractivity contribution in [1.82, 2.24) is 20.2 Å². The normalized spacial score (nSPS) is 10.2. The predicted octanol–water partition coefficient (Wildman–Crippen LogP) is 0.769. The van der Waals surface area contributed by atoms with Crippen molar-refractivity contribution in [3.8, 4) is 5.75 Å². The zero-order chi connectivity index (χ0) is 15.4. The second-order valence-electron chi connectivity index (χ2n) is 3.95. The Hall–Kier alpha value is -3.04. The summed E-state index contributed by atoms with van der Waals surface area (Å²) in [5.74, 6) is -0.310. The van der Waals surface area contributed by atoms with Crippen LogP contribution in [0.15, 0.2) is 18.2 Å². The number of aromatic nitrogens is 4. The highest BCUT2D eigenvalue weighted by Crippen LogP contribution is 2.28. The van der Waals surface area contributed by atoms with Crippen LogP contribution in [-0.4, -0.2) is 37.6 Å². The smallest absolute Gasteiger partial charge is 0.311 e. The number of hydrogen-bond acceptors (Lipinski definition) is 7. The molecule has 0 aliphatic heterocycles. The molecule has 0 saturated carbocycles. The number of nitrogens with one attached hydrogen (secondary N) is 1. The molecule has 2 aromatic rings. The van der Waals surface area contributed by atoms with E-state index in [-0.39, 0.29) is 29.6 Å². The minimum absolute atomic E-state index is 0.105. The summed E-state index contributed by atoms with van der Waals surface area (Å²) in [4.78, 5) is 22.4. The number of benzene rings is 1. The molecule has 0 spiro atoms. The number of carbonyl (C=O) groups is 1. The second kappa shape index (κ2) is 5.94. The van der Waals surface area contributed by atoms with Crippen LogP contribution < -0.4 is 10.1 Å². The van der Waals surface area contributed by atoms with Crippen molar-refractivity contribution >= 4 is 17.5 Å². The third-order valence-electron chi connectivity index (χ3n) is 2.56. The Balaban J connectivity index is 2.27. The summed E-state index contributed by atoms with van der Waals surface area (Å²) in [6.45, 7) is 2.00. The van der Waals surface area contributed by atoms with Gasteiger partial charge in [-0.1, -0.05) is 5.10 Å². The van der Waals surface area contributed by atoms with Crippen LogP contribution in [0.4, 0.5) is 11.6 Å². The molecule has 1 aromatic heterocycles. The number of nitro benzene ring substituents is 1. The molecular weight excluding hydrogens is 280 g/mol. The van der Waals surface area contributed by atoms with Gasteiger partial charge < -0.3 is 4.74 Å². The van der Waals surface area contributed by atoms with Gasteiger partial charge in [-0.25, -0.2) is 4.68 Å². The predicted molar refractivity (Wildman–Crippen MR) is 71.0 cm³/mol. The molecular formula is C11H12N6O4. The van der Waals surface area contributed by atoms with Crippen molar-refractivity contribution in [2.24, 2.45) is 7.05 Å². The minimum atomic E-state index is -0.606. The first-order valence-electron chi connectivity index (χ1n) is 5.98. The van der Waals surface area contributed by atoms with Crippen molar-refractivity contribution in [2.75, 3.05) is 11.9 Å². The lowest BCUT2D eigenvalue weighted by Gasteiger charge is -2.06. The van der Waals surface area contributed by atoms with Gasteiger partial charge in [0.1, 0.15) is 0 Å². The molecule has 21 heavy (non-hydrogen) atoms. The molecule has 1 amide bonds. The van der Waals surface area contributed by atoms with E-state index in [1.807, 2.05) is 0 Å². The van der Waals surface area contributed by atoms with E-state index >= 15 is 0 Å². The summed E-state index contributed by atoms with van der Waals surface area (Å²) in [6, 6.07) is 3.95. The van der Waals surface area contributed by atoms with E-state index in [4.69, 9.17) is 4.74 Å². The molecule has 0 aliphatic rings. The number of rotatable bonds is 5. The van der Waals surface area contributed by atoms with Crippen molar-refractivity contribution in [1.29, 1.82) is 0 Å². The Labute approximate surface area is 118 Å². The molecule has 1 N–H and O–H groups in total. The van der Waals surface area contributed by atoms with E-state index in [1.165, 1.54) is 16.8 Å². The fraction of sp³-hybridized carbons (Fsp3) is 0.273. The van der Waals surface area contributed by atoms with Crippen LogP contribution in [0.2, 0.25) is 0 Å². The summed E-state index contributed by atoms with van der Waals surface area (Å²) in [5.41, 5.74) is -0.172. The van der Waals surface area contributed by atoms with Crippen molar-refractivity contribution < 1.29 is 14.5 Å². The standard InChI is InChI=1S/C11H12N6O4/c1-3-21-9-5-4-7(6-8(9)17(19)20)10(18)12-11-13-14-15-16(11)2/h4-6H,3H2,1-2H3,(H,12,13,15,18). The van der Waals surface area contributed by atoms with Crippen LogP contribution in [-0.2, 0) is 7.05 Å². The third-order valence-corrected chi connectivity index (χ3v) is 2.56. The highest BCUT2D eigenvalue weighted by atomic mass is 16.6. The Morgan fingerprint density at radius 1 is 1.52 bits per heavy atom. The Morgan fingerprint density at radius 3 is 2.86 bits per heavy atom. The maximum absolute atomic E-state index is 12.0. The molecule has 110 valence electrons. The lowest BCUT2D eigenvalue weighted by atomic mass is 10.1. The Kier molecular flexibility index (Phi) is 4.07. The summed E-state index contributed by atoms with van der Waals surface area (Å²) in [5, 5.41) is 24.0. The second-order valence-corrected chi connectivity index (χ2v) is 3.95. The number of amides is 1. The first kappa shape index (κ1) is 14.4. The van der Waals surface area contributed by atoms with E-state index in [1.54, 1.807) is 14.0 Å². The van der Waals surface area contributed by atoms with Gasteiger partial charge in [-0.05, 0) is 29.5 Å². The molecule has 0 bridgehead atoms. The quantitative estimate of drug-likeness (QED) is 0.637. The lowest BCUT2D eigenvalue weighted by molar-refractivity contribution is -0.385. The summed E-state index contributed by atoms with van der Waals surface area (Å²) < 4.78 is 6.41. The third kappa shape index (κ3) is 3.11. The fourth-order valence-electron chi connectivity index (χ4n) is 1.59. The van der Waals surface area contributed by atoms with Gasteiger partial charge in [0.15, 0.2) is 5.75 Å². The largest absolute Gasteiger partial charge is 0.487 e. The number of aryl methyl sites for hydroxylation is 1. The van der Waals surface area contributed by atoms with Crippen molar-refractivity contribution in [2.45, 2.75) is 6.92 Å². The van der Waals surface area contributed by atoms with E-state index < -0.39 is 10.8 Å². The van der Waals surface area contributed by atoms with Gasteiger partial charge in [0.05, 0.1) is 11.5 Å². The van der Waals surface area contributed by atoms with E-state index in [0.717, 1.165) is 6.07 Å². The number of hydrogen-bond donors (Lipinski definition) is 1. The monoisotopic (exact) mass is 292 g/mol. The Morgan fingerprint density at radius 2 is 2.29 bits per heavy atom. The topological polar surface area (TPSA) is 125 Å². The van der Waals surface area contributed by atoms with Crippen LogP contribution >= 0.6 is 0 Å². The fourth-order valence-corrected chi connectivity index (χ4v) is 1.59. The Bertz CT molecular complexity index is 683. The summed E-state index contributed by atoms with van der Waals surface area (Å²) in [6.07, 6.45) is 0. The molecule has 0 unspecified atom stereocenters.